The predicted octanol–water partition coefficient (Wildman–Crippen LogP) is 4.25. The summed E-state index contributed by atoms with van der Waals surface area (Å²) in [5, 5.41) is 17.8. The van der Waals surface area contributed by atoms with Crippen LogP contribution >= 0.6 is 27.7 Å². The topological polar surface area (TPSA) is 112 Å². The first-order chi connectivity index (χ1) is 22.4. The molecule has 0 aliphatic carbocycles. The Hall–Kier alpha value is -3.48. The Kier molecular flexibility index (Phi) is 9.67. The van der Waals surface area contributed by atoms with E-state index in [2.05, 4.69) is 39.4 Å². The van der Waals surface area contributed by atoms with E-state index in [1.165, 1.54) is 0 Å². The Morgan fingerprint density at radius 3 is 2.52 bits per heavy atom. The van der Waals surface area contributed by atoms with Crippen molar-refractivity contribution in [2.24, 2.45) is 11.8 Å². The number of fused-ring (bicyclic) bond motifs is 2. The third-order valence-electron chi connectivity index (χ3n) is 9.40. The Balaban J connectivity index is 1.38. The maximum Gasteiger partial charge on any atom is 0.248 e. The molecule has 1 N–H and O–H groups in total. The highest BCUT2D eigenvalue weighted by atomic mass is 79.9. The molecule has 10 nitrogen and oxygen atoms in total. The fourth-order valence-corrected chi connectivity index (χ4v) is 11.1. The molecule has 3 aliphatic rings. The average Bonchev–Trinajstić information content (AvgIpc) is 3.79. The number of likely N-dealkylation sites (tertiary alicyclic amines) is 1. The SMILES string of the molecule is C=CCN(Cn1nnc2ccccc21)C(=O)C1N(CCCCCO)C(=O)[C@@H]2[C@H](C(=O)N(CC=C)c3ccccc3)[C@H]3SC12CC3Br. The molecular formula is C34H39BrN6O4S. The van der Waals surface area contributed by atoms with Crippen molar-refractivity contribution < 1.29 is 19.5 Å². The fourth-order valence-electron chi connectivity index (χ4n) is 7.47. The number of amides is 3. The second kappa shape index (κ2) is 13.7. The molecule has 0 radical (unpaired) electrons. The van der Waals surface area contributed by atoms with Crippen LogP contribution in [0.3, 0.4) is 0 Å². The molecule has 1 aromatic heterocycles. The number of anilines is 1. The van der Waals surface area contributed by atoms with E-state index in [0.717, 1.165) is 23.1 Å². The fraction of sp³-hybridized carbons (Fsp3) is 0.441. The quantitative estimate of drug-likeness (QED) is 0.152. The molecule has 0 saturated carbocycles. The second-order valence-electron chi connectivity index (χ2n) is 12.1. The van der Waals surface area contributed by atoms with Gasteiger partial charge in [0.2, 0.25) is 17.7 Å². The van der Waals surface area contributed by atoms with Crippen molar-refractivity contribution in [2.45, 2.75) is 53.2 Å². The monoisotopic (exact) mass is 706 g/mol. The van der Waals surface area contributed by atoms with Gasteiger partial charge in [0.05, 0.1) is 22.1 Å². The minimum absolute atomic E-state index is 0.0476. The van der Waals surface area contributed by atoms with E-state index >= 15 is 0 Å². The lowest BCUT2D eigenvalue weighted by Gasteiger charge is -2.38. The second-order valence-corrected chi connectivity index (χ2v) is 14.8. The van der Waals surface area contributed by atoms with E-state index in [0.29, 0.717) is 32.4 Å². The zero-order valence-electron chi connectivity index (χ0n) is 25.7. The van der Waals surface area contributed by atoms with Crippen LogP contribution < -0.4 is 4.90 Å². The summed E-state index contributed by atoms with van der Waals surface area (Å²) in [4.78, 5) is 49.1. The number of aromatic nitrogens is 3. The summed E-state index contributed by atoms with van der Waals surface area (Å²) in [6, 6.07) is 16.3. The maximum absolute atomic E-state index is 14.9. The number of rotatable bonds is 14. The van der Waals surface area contributed by atoms with Crippen molar-refractivity contribution in [1.29, 1.82) is 0 Å². The molecule has 2 bridgehead atoms. The molecule has 46 heavy (non-hydrogen) atoms. The molecule has 2 aromatic carbocycles. The van der Waals surface area contributed by atoms with Crippen LogP contribution in [0.15, 0.2) is 79.9 Å². The number of alkyl halides is 1. The van der Waals surface area contributed by atoms with Crippen LogP contribution in [-0.4, -0.2) is 94.7 Å². The molecule has 6 rings (SSSR count). The van der Waals surface area contributed by atoms with Gasteiger partial charge in [-0.2, -0.15) is 0 Å². The van der Waals surface area contributed by atoms with Gasteiger partial charge in [-0.05, 0) is 49.9 Å². The van der Waals surface area contributed by atoms with Gasteiger partial charge in [0, 0.05) is 42.0 Å². The van der Waals surface area contributed by atoms with E-state index in [4.69, 9.17) is 0 Å². The summed E-state index contributed by atoms with van der Waals surface area (Å²) in [5.41, 5.74) is 2.27. The summed E-state index contributed by atoms with van der Waals surface area (Å²) in [6.45, 7) is 8.95. The van der Waals surface area contributed by atoms with Crippen molar-refractivity contribution in [3.63, 3.8) is 0 Å². The lowest BCUT2D eigenvalue weighted by Crippen LogP contribution is -2.56. The number of benzene rings is 2. The Labute approximate surface area is 281 Å². The molecule has 3 fully saturated rings. The summed E-state index contributed by atoms with van der Waals surface area (Å²) in [7, 11) is 0. The van der Waals surface area contributed by atoms with Crippen LogP contribution in [0.25, 0.3) is 11.0 Å². The van der Waals surface area contributed by atoms with E-state index in [1.54, 1.807) is 43.3 Å². The van der Waals surface area contributed by atoms with E-state index in [1.807, 2.05) is 54.6 Å². The van der Waals surface area contributed by atoms with Gasteiger partial charge in [-0.3, -0.25) is 14.4 Å². The molecule has 4 heterocycles. The third-order valence-corrected chi connectivity index (χ3v) is 12.6. The van der Waals surface area contributed by atoms with Gasteiger partial charge >= 0.3 is 0 Å². The van der Waals surface area contributed by atoms with Gasteiger partial charge in [-0.15, -0.1) is 30.0 Å². The van der Waals surface area contributed by atoms with Crippen LogP contribution in [0.5, 0.6) is 0 Å². The van der Waals surface area contributed by atoms with Gasteiger partial charge in [0.25, 0.3) is 0 Å². The van der Waals surface area contributed by atoms with Crippen LogP contribution in [-0.2, 0) is 21.1 Å². The number of unbranched alkanes of at least 4 members (excludes halogenated alkanes) is 2. The minimum atomic E-state index is -0.787. The highest BCUT2D eigenvalue weighted by Crippen LogP contribution is 2.68. The number of thioether (sulfide) groups is 1. The normalized spacial score (nSPS) is 26.3. The number of hydrogen-bond donors (Lipinski definition) is 1. The summed E-state index contributed by atoms with van der Waals surface area (Å²) < 4.78 is 0.908. The minimum Gasteiger partial charge on any atom is -0.396 e. The first-order valence-electron chi connectivity index (χ1n) is 15.7. The molecule has 3 saturated heterocycles. The number of aliphatic hydroxyl groups is 1. The average molecular weight is 708 g/mol. The standard InChI is InChI=1S/C34H39BrN6O4S/c1-3-17-38(22-41-26-16-10-9-15-25(26)36-37-41)33(45)30-34-21-24(35)29(46-34)27(28(34)32(44)40(30)19-11-6-12-20-42)31(43)39(18-4-2)23-13-7-5-8-14-23/h3-5,7-10,13-16,24,27-30,42H,1-2,6,11-12,17-22H2/t24?,27-,28-,29-,30?,34?/m0/s1. The summed E-state index contributed by atoms with van der Waals surface area (Å²) >= 11 is 5.51. The zero-order valence-corrected chi connectivity index (χ0v) is 28.1. The smallest absolute Gasteiger partial charge is 0.248 e. The number of carbonyl (C=O) groups excluding carboxylic acids is 3. The zero-order chi connectivity index (χ0) is 32.4. The predicted molar refractivity (Wildman–Crippen MR) is 183 cm³/mol. The number of aliphatic hydroxyl groups excluding tert-OH is 1. The van der Waals surface area contributed by atoms with Gasteiger partial charge in [-0.1, -0.05) is 63.6 Å². The summed E-state index contributed by atoms with van der Waals surface area (Å²) in [5.74, 6) is -1.72. The summed E-state index contributed by atoms with van der Waals surface area (Å²) in [6.07, 6.45) is 5.95. The van der Waals surface area contributed by atoms with Gasteiger partial charge in [0.1, 0.15) is 18.2 Å². The molecule has 6 atom stereocenters. The van der Waals surface area contributed by atoms with Crippen LogP contribution in [0.2, 0.25) is 0 Å². The Bertz CT molecular complexity index is 1620. The highest BCUT2D eigenvalue weighted by molar-refractivity contribution is 9.09. The van der Waals surface area contributed by atoms with Crippen molar-refractivity contribution >= 4 is 62.1 Å². The maximum atomic E-state index is 14.9. The van der Waals surface area contributed by atoms with E-state index in [-0.39, 0.29) is 47.6 Å². The van der Waals surface area contributed by atoms with Gasteiger partial charge < -0.3 is 19.8 Å². The lowest BCUT2D eigenvalue weighted by atomic mass is 9.70. The molecular weight excluding hydrogens is 668 g/mol. The number of para-hydroxylation sites is 2. The van der Waals surface area contributed by atoms with Crippen LogP contribution in [0, 0.1) is 11.8 Å². The van der Waals surface area contributed by atoms with Crippen LogP contribution in [0.1, 0.15) is 25.7 Å². The van der Waals surface area contributed by atoms with Crippen molar-refractivity contribution in [3.05, 3.63) is 79.9 Å². The molecule has 242 valence electrons. The molecule has 3 aromatic rings. The number of halogens is 1. The van der Waals surface area contributed by atoms with Crippen molar-refractivity contribution in [3.8, 4) is 0 Å². The van der Waals surface area contributed by atoms with Gasteiger partial charge in [-0.25, -0.2) is 4.68 Å². The molecule has 1 spiro atoms. The van der Waals surface area contributed by atoms with Gasteiger partial charge in [0.15, 0.2) is 0 Å². The molecule has 12 heteroatoms. The number of carbonyl (C=O) groups is 3. The number of hydrogen-bond acceptors (Lipinski definition) is 7. The Morgan fingerprint density at radius 2 is 1.78 bits per heavy atom. The molecule has 3 aliphatic heterocycles. The first kappa shape index (κ1) is 32.5. The van der Waals surface area contributed by atoms with Crippen LogP contribution in [0.4, 0.5) is 5.69 Å². The van der Waals surface area contributed by atoms with E-state index in [9.17, 15) is 19.5 Å². The lowest BCUT2D eigenvalue weighted by molar-refractivity contribution is -0.143. The molecule has 3 unspecified atom stereocenters. The van der Waals surface area contributed by atoms with Crippen molar-refractivity contribution in [1.82, 2.24) is 24.8 Å². The Morgan fingerprint density at radius 1 is 1.04 bits per heavy atom. The first-order valence-corrected chi connectivity index (χ1v) is 17.5. The third kappa shape index (κ3) is 5.58. The number of nitrogens with zero attached hydrogens (tertiary/aromatic N) is 6. The van der Waals surface area contributed by atoms with E-state index < -0.39 is 22.6 Å². The largest absolute Gasteiger partial charge is 0.396 e. The van der Waals surface area contributed by atoms with Crippen molar-refractivity contribution in [2.75, 3.05) is 31.1 Å². The molecule has 3 amide bonds. The highest BCUT2D eigenvalue weighted by Gasteiger charge is 2.76.